The van der Waals surface area contributed by atoms with Gasteiger partial charge in [0.15, 0.2) is 12.4 Å². The van der Waals surface area contributed by atoms with E-state index in [1.807, 2.05) is 19.1 Å². The Hall–Kier alpha value is -2.13. The SMILES string of the molecule is Cc1ccc(C(=O)COc2ccc(CO)cc2)cc1. The first-order chi connectivity index (χ1) is 9.19. The molecule has 1 N–H and O–H groups in total. The van der Waals surface area contributed by atoms with E-state index >= 15 is 0 Å². The van der Waals surface area contributed by atoms with Crippen LogP contribution in [0.4, 0.5) is 0 Å². The van der Waals surface area contributed by atoms with Crippen molar-refractivity contribution in [2.75, 3.05) is 6.61 Å². The van der Waals surface area contributed by atoms with E-state index in [-0.39, 0.29) is 19.0 Å². The third kappa shape index (κ3) is 3.66. The second kappa shape index (κ2) is 6.16. The first kappa shape index (κ1) is 13.3. The van der Waals surface area contributed by atoms with E-state index in [4.69, 9.17) is 9.84 Å². The van der Waals surface area contributed by atoms with E-state index < -0.39 is 0 Å². The van der Waals surface area contributed by atoms with Crippen LogP contribution in [0, 0.1) is 6.92 Å². The largest absolute Gasteiger partial charge is 0.485 e. The first-order valence-corrected chi connectivity index (χ1v) is 6.11. The first-order valence-electron chi connectivity index (χ1n) is 6.11. The molecule has 0 fully saturated rings. The van der Waals surface area contributed by atoms with Crippen molar-refractivity contribution in [2.24, 2.45) is 0 Å². The summed E-state index contributed by atoms with van der Waals surface area (Å²) in [4.78, 5) is 11.9. The minimum absolute atomic E-state index is 0.00256. The molecule has 0 bridgehead atoms. The van der Waals surface area contributed by atoms with Gasteiger partial charge >= 0.3 is 0 Å². The minimum atomic E-state index is -0.0498. The number of aliphatic hydroxyl groups excluding tert-OH is 1. The monoisotopic (exact) mass is 256 g/mol. The van der Waals surface area contributed by atoms with Crippen LogP contribution in [0.1, 0.15) is 21.5 Å². The number of aryl methyl sites for hydroxylation is 1. The molecule has 0 spiro atoms. The number of carbonyl (C=O) groups is 1. The Bertz CT molecular complexity index is 541. The van der Waals surface area contributed by atoms with Gasteiger partial charge in [-0.05, 0) is 24.6 Å². The number of rotatable bonds is 5. The van der Waals surface area contributed by atoms with E-state index in [1.165, 1.54) is 0 Å². The summed E-state index contributed by atoms with van der Waals surface area (Å²) in [6.07, 6.45) is 0. The summed E-state index contributed by atoms with van der Waals surface area (Å²) in [5.74, 6) is 0.573. The van der Waals surface area contributed by atoms with Crippen molar-refractivity contribution in [3.05, 3.63) is 65.2 Å². The fourth-order valence-electron chi connectivity index (χ4n) is 1.66. The van der Waals surface area contributed by atoms with Crippen LogP contribution < -0.4 is 4.74 Å². The van der Waals surface area contributed by atoms with Gasteiger partial charge in [-0.2, -0.15) is 0 Å². The molecule has 2 aromatic carbocycles. The lowest BCUT2D eigenvalue weighted by Crippen LogP contribution is -2.11. The van der Waals surface area contributed by atoms with Gasteiger partial charge in [-0.15, -0.1) is 0 Å². The zero-order valence-electron chi connectivity index (χ0n) is 10.8. The Balaban J connectivity index is 1.94. The second-order valence-electron chi connectivity index (χ2n) is 4.38. The predicted octanol–water partition coefficient (Wildman–Crippen LogP) is 2.75. The van der Waals surface area contributed by atoms with Gasteiger partial charge < -0.3 is 9.84 Å². The quantitative estimate of drug-likeness (QED) is 0.837. The van der Waals surface area contributed by atoms with Crippen molar-refractivity contribution in [2.45, 2.75) is 13.5 Å². The summed E-state index contributed by atoms with van der Waals surface area (Å²) in [6.45, 7) is 2.00. The summed E-state index contributed by atoms with van der Waals surface area (Å²) in [6, 6.07) is 14.4. The Morgan fingerprint density at radius 1 is 1.05 bits per heavy atom. The Labute approximate surface area is 112 Å². The molecule has 0 unspecified atom stereocenters. The Kier molecular flexibility index (Phi) is 4.31. The van der Waals surface area contributed by atoms with Crippen LogP contribution in [0.2, 0.25) is 0 Å². The maximum Gasteiger partial charge on any atom is 0.200 e. The highest BCUT2D eigenvalue weighted by Crippen LogP contribution is 2.13. The fraction of sp³-hybridized carbons (Fsp3) is 0.188. The Morgan fingerprint density at radius 2 is 1.68 bits per heavy atom. The Morgan fingerprint density at radius 3 is 2.26 bits per heavy atom. The molecule has 19 heavy (non-hydrogen) atoms. The lowest BCUT2D eigenvalue weighted by molar-refractivity contribution is 0.0921. The van der Waals surface area contributed by atoms with Crippen molar-refractivity contribution in [3.8, 4) is 5.75 Å². The molecule has 3 heteroatoms. The molecule has 2 aromatic rings. The number of hydrogen-bond donors (Lipinski definition) is 1. The lowest BCUT2D eigenvalue weighted by Gasteiger charge is -2.06. The summed E-state index contributed by atoms with van der Waals surface area (Å²) < 4.78 is 5.42. The summed E-state index contributed by atoms with van der Waals surface area (Å²) in [5.41, 5.74) is 2.59. The van der Waals surface area contributed by atoms with E-state index in [0.29, 0.717) is 11.3 Å². The van der Waals surface area contributed by atoms with Gasteiger partial charge in [-0.1, -0.05) is 42.0 Å². The third-order valence-electron chi connectivity index (χ3n) is 2.85. The van der Waals surface area contributed by atoms with Gasteiger partial charge in [0, 0.05) is 5.56 Å². The number of Topliss-reactive ketones (excluding diaryl/α,β-unsaturated/α-hetero) is 1. The van der Waals surface area contributed by atoms with Crippen LogP contribution in [0.15, 0.2) is 48.5 Å². The van der Waals surface area contributed by atoms with Crippen LogP contribution in [-0.2, 0) is 6.61 Å². The molecule has 3 nitrogen and oxygen atoms in total. The van der Waals surface area contributed by atoms with Gasteiger partial charge in [0.2, 0.25) is 0 Å². The average molecular weight is 256 g/mol. The van der Waals surface area contributed by atoms with Gasteiger partial charge in [0.05, 0.1) is 6.61 Å². The smallest absolute Gasteiger partial charge is 0.200 e. The zero-order valence-corrected chi connectivity index (χ0v) is 10.8. The molecule has 2 rings (SSSR count). The molecule has 0 aliphatic carbocycles. The van der Waals surface area contributed by atoms with Gasteiger partial charge in [0.1, 0.15) is 5.75 Å². The van der Waals surface area contributed by atoms with Crippen LogP contribution in [0.5, 0.6) is 5.75 Å². The van der Waals surface area contributed by atoms with Crippen LogP contribution in [0.25, 0.3) is 0 Å². The highest BCUT2D eigenvalue weighted by Gasteiger charge is 2.06. The second-order valence-corrected chi connectivity index (χ2v) is 4.38. The normalized spacial score (nSPS) is 10.2. The molecule has 0 aromatic heterocycles. The van der Waals surface area contributed by atoms with E-state index in [2.05, 4.69) is 0 Å². The topological polar surface area (TPSA) is 46.5 Å². The van der Waals surface area contributed by atoms with E-state index in [0.717, 1.165) is 11.1 Å². The number of aliphatic hydroxyl groups is 1. The number of ether oxygens (including phenoxy) is 1. The molecule has 0 heterocycles. The van der Waals surface area contributed by atoms with Crippen molar-refractivity contribution >= 4 is 5.78 Å². The highest BCUT2D eigenvalue weighted by atomic mass is 16.5. The van der Waals surface area contributed by atoms with E-state index in [9.17, 15) is 4.79 Å². The van der Waals surface area contributed by atoms with Crippen molar-refractivity contribution in [3.63, 3.8) is 0 Å². The summed E-state index contributed by atoms with van der Waals surface area (Å²) in [7, 11) is 0. The fourth-order valence-corrected chi connectivity index (χ4v) is 1.66. The van der Waals surface area contributed by atoms with Gasteiger partial charge in [-0.3, -0.25) is 4.79 Å². The molecule has 0 saturated heterocycles. The molecule has 98 valence electrons. The predicted molar refractivity (Wildman–Crippen MR) is 73.4 cm³/mol. The molecular weight excluding hydrogens is 240 g/mol. The van der Waals surface area contributed by atoms with Crippen molar-refractivity contribution in [1.82, 2.24) is 0 Å². The molecule has 0 radical (unpaired) electrons. The maximum atomic E-state index is 11.9. The molecule has 0 amide bonds. The molecule has 0 aliphatic rings. The molecule has 0 saturated carbocycles. The number of benzene rings is 2. The summed E-state index contributed by atoms with van der Waals surface area (Å²) >= 11 is 0. The van der Waals surface area contributed by atoms with Crippen LogP contribution in [0.3, 0.4) is 0 Å². The summed E-state index contributed by atoms with van der Waals surface area (Å²) in [5, 5.41) is 8.92. The van der Waals surface area contributed by atoms with Crippen molar-refractivity contribution in [1.29, 1.82) is 0 Å². The molecule has 0 atom stereocenters. The molecule has 0 aliphatic heterocycles. The van der Waals surface area contributed by atoms with Crippen LogP contribution >= 0.6 is 0 Å². The van der Waals surface area contributed by atoms with Crippen molar-refractivity contribution < 1.29 is 14.6 Å². The maximum absolute atomic E-state index is 11.9. The standard InChI is InChI=1S/C16H16O3/c1-12-2-6-14(7-3-12)16(18)11-19-15-8-4-13(10-17)5-9-15/h2-9,17H,10-11H2,1H3. The average Bonchev–Trinajstić information content (AvgIpc) is 2.46. The van der Waals surface area contributed by atoms with Gasteiger partial charge in [-0.25, -0.2) is 0 Å². The zero-order chi connectivity index (χ0) is 13.7. The third-order valence-corrected chi connectivity index (χ3v) is 2.85. The van der Waals surface area contributed by atoms with E-state index in [1.54, 1.807) is 36.4 Å². The van der Waals surface area contributed by atoms with Gasteiger partial charge in [0.25, 0.3) is 0 Å². The highest BCUT2D eigenvalue weighted by molar-refractivity contribution is 5.97. The molecular formula is C16H16O3. The lowest BCUT2D eigenvalue weighted by atomic mass is 10.1. The minimum Gasteiger partial charge on any atom is -0.485 e. The number of carbonyl (C=O) groups excluding carboxylic acids is 1. The number of hydrogen-bond acceptors (Lipinski definition) is 3. The van der Waals surface area contributed by atoms with Crippen LogP contribution in [-0.4, -0.2) is 17.5 Å². The number of ketones is 1.